The zero-order valence-corrected chi connectivity index (χ0v) is 19.5. The fourth-order valence-electron chi connectivity index (χ4n) is 3.71. The molecule has 0 unspecified atom stereocenters. The van der Waals surface area contributed by atoms with Gasteiger partial charge in [-0.05, 0) is 6.42 Å². The predicted molar refractivity (Wildman–Crippen MR) is 115 cm³/mol. The summed E-state index contributed by atoms with van der Waals surface area (Å²) < 4.78 is 0. The van der Waals surface area contributed by atoms with Crippen LogP contribution < -0.4 is 0 Å². The van der Waals surface area contributed by atoms with Crippen LogP contribution >= 0.6 is 0 Å². The van der Waals surface area contributed by atoms with E-state index in [2.05, 4.69) is 6.92 Å². The Morgan fingerprint density at radius 1 is 0.481 bits per heavy atom. The zero-order valence-electron chi connectivity index (χ0n) is 18.3. The molecule has 0 amide bonds. The van der Waals surface area contributed by atoms with Crippen molar-refractivity contribution < 1.29 is 27.0 Å². The molecule has 3 heteroatoms. The number of carboxylic acids is 1. The van der Waals surface area contributed by atoms with Crippen LogP contribution in [0.2, 0.25) is 0 Å². The van der Waals surface area contributed by atoms with Gasteiger partial charge in [0, 0.05) is 23.5 Å². The molecule has 0 aliphatic rings. The molecule has 0 atom stereocenters. The molecule has 0 aromatic rings. The van der Waals surface area contributed by atoms with E-state index < -0.39 is 5.97 Å². The fourth-order valence-corrected chi connectivity index (χ4v) is 3.71. The smallest absolute Gasteiger partial charge is 0.303 e. The fraction of sp³-hybridized carbons (Fsp3) is 0.958. The Morgan fingerprint density at radius 3 is 0.926 bits per heavy atom. The Kier molecular flexibility index (Phi) is 28.1. The summed E-state index contributed by atoms with van der Waals surface area (Å²) in [7, 11) is 0. The van der Waals surface area contributed by atoms with E-state index in [-0.39, 0.29) is 17.1 Å². The summed E-state index contributed by atoms with van der Waals surface area (Å²) in [5.74, 6) is -0.650. The largest absolute Gasteiger partial charge is 0.481 e. The molecule has 0 rings (SSSR count). The Bertz CT molecular complexity index is 282. The first-order chi connectivity index (χ1) is 12.8. The van der Waals surface area contributed by atoms with E-state index in [1.54, 1.807) is 0 Å². The molecule has 0 bridgehead atoms. The van der Waals surface area contributed by atoms with Gasteiger partial charge in [-0.3, -0.25) is 4.79 Å². The minimum atomic E-state index is -0.650. The first kappa shape index (κ1) is 29.2. The molecule has 1 N–H and O–H groups in total. The second-order valence-electron chi connectivity index (χ2n) is 8.21. The Hall–Kier alpha value is -0.0105. The Balaban J connectivity index is 0. The third-order valence-electron chi connectivity index (χ3n) is 5.49. The van der Waals surface area contributed by atoms with E-state index in [1.165, 1.54) is 122 Å². The SMILES string of the molecule is CCCCCCCCCCCCCCCCCCCCCCCC(=O)O.[Mn]. The van der Waals surface area contributed by atoms with Crippen LogP contribution in [0.25, 0.3) is 0 Å². The number of hydrogen-bond donors (Lipinski definition) is 1. The molecular weight excluding hydrogens is 375 g/mol. The minimum Gasteiger partial charge on any atom is -0.481 e. The van der Waals surface area contributed by atoms with Gasteiger partial charge in [-0.2, -0.15) is 0 Å². The van der Waals surface area contributed by atoms with E-state index in [0.717, 1.165) is 12.8 Å². The summed E-state index contributed by atoms with van der Waals surface area (Å²) in [6.45, 7) is 2.29. The summed E-state index contributed by atoms with van der Waals surface area (Å²) in [5, 5.41) is 8.57. The maximum atomic E-state index is 10.4. The van der Waals surface area contributed by atoms with Crippen molar-refractivity contribution >= 4 is 5.97 Å². The van der Waals surface area contributed by atoms with Crippen LogP contribution in [0.1, 0.15) is 148 Å². The molecule has 27 heavy (non-hydrogen) atoms. The maximum absolute atomic E-state index is 10.4. The predicted octanol–water partition coefficient (Wildman–Crippen LogP) is 8.67. The molecular formula is C24H48MnO2. The van der Waals surface area contributed by atoms with Gasteiger partial charge in [0.1, 0.15) is 0 Å². The van der Waals surface area contributed by atoms with Crippen LogP contribution in [0, 0.1) is 0 Å². The van der Waals surface area contributed by atoms with Crippen LogP contribution in [-0.4, -0.2) is 11.1 Å². The molecule has 0 heterocycles. The van der Waals surface area contributed by atoms with Crippen molar-refractivity contribution in [1.29, 1.82) is 0 Å². The molecule has 0 fully saturated rings. The number of aliphatic carboxylic acids is 1. The van der Waals surface area contributed by atoms with Gasteiger partial charge in [-0.15, -0.1) is 0 Å². The molecule has 0 aliphatic carbocycles. The summed E-state index contributed by atoms with van der Waals surface area (Å²) in [6.07, 6.45) is 29.1. The van der Waals surface area contributed by atoms with Crippen molar-refractivity contribution in [2.24, 2.45) is 0 Å². The summed E-state index contributed by atoms with van der Waals surface area (Å²) in [6, 6.07) is 0. The Labute approximate surface area is 181 Å². The van der Waals surface area contributed by atoms with Gasteiger partial charge in [0.05, 0.1) is 0 Å². The zero-order chi connectivity index (χ0) is 19.1. The van der Waals surface area contributed by atoms with Gasteiger partial charge in [0.2, 0.25) is 0 Å². The molecule has 0 saturated heterocycles. The standard InChI is InChI=1S/C24H48O2.Mn/c1-2-3-4-5-6-7-8-9-10-11-12-13-14-15-16-17-18-19-20-21-22-23-24(25)26;/h2-23H2,1H3,(H,25,26);. The second-order valence-corrected chi connectivity index (χ2v) is 8.21. The number of rotatable bonds is 22. The number of carboxylic acid groups (broad SMARTS) is 1. The van der Waals surface area contributed by atoms with Gasteiger partial charge in [0.15, 0.2) is 0 Å². The summed E-state index contributed by atoms with van der Waals surface area (Å²) in [5.41, 5.74) is 0. The third kappa shape index (κ3) is 28.3. The number of unbranched alkanes of at least 4 members (excludes halogenated alkanes) is 20. The minimum absolute atomic E-state index is 0. The third-order valence-corrected chi connectivity index (χ3v) is 5.49. The van der Waals surface area contributed by atoms with Gasteiger partial charge in [-0.1, -0.05) is 135 Å². The van der Waals surface area contributed by atoms with Crippen LogP contribution in [0.5, 0.6) is 0 Å². The first-order valence-electron chi connectivity index (χ1n) is 12.0. The maximum Gasteiger partial charge on any atom is 0.303 e. The quantitative estimate of drug-likeness (QED) is 0.140. The van der Waals surface area contributed by atoms with E-state index in [9.17, 15) is 4.79 Å². The summed E-state index contributed by atoms with van der Waals surface area (Å²) in [4.78, 5) is 10.4. The molecule has 0 spiro atoms. The topological polar surface area (TPSA) is 37.3 Å². The van der Waals surface area contributed by atoms with Crippen molar-refractivity contribution in [3.63, 3.8) is 0 Å². The van der Waals surface area contributed by atoms with E-state index in [4.69, 9.17) is 5.11 Å². The van der Waals surface area contributed by atoms with Crippen molar-refractivity contribution in [2.45, 2.75) is 148 Å². The average molecular weight is 424 g/mol. The summed E-state index contributed by atoms with van der Waals surface area (Å²) >= 11 is 0. The van der Waals surface area contributed by atoms with Crippen LogP contribution in [-0.2, 0) is 21.9 Å². The van der Waals surface area contributed by atoms with Crippen LogP contribution in [0.4, 0.5) is 0 Å². The molecule has 0 aliphatic heterocycles. The van der Waals surface area contributed by atoms with E-state index >= 15 is 0 Å². The van der Waals surface area contributed by atoms with Crippen molar-refractivity contribution in [3.05, 3.63) is 0 Å². The van der Waals surface area contributed by atoms with Gasteiger partial charge < -0.3 is 5.11 Å². The average Bonchev–Trinajstić information content (AvgIpc) is 2.62. The molecule has 0 aromatic carbocycles. The molecule has 163 valence electrons. The molecule has 0 aromatic heterocycles. The van der Waals surface area contributed by atoms with Crippen molar-refractivity contribution in [3.8, 4) is 0 Å². The van der Waals surface area contributed by atoms with Crippen LogP contribution in [0.3, 0.4) is 0 Å². The number of hydrogen-bond acceptors (Lipinski definition) is 1. The Morgan fingerprint density at radius 2 is 0.704 bits per heavy atom. The van der Waals surface area contributed by atoms with Gasteiger partial charge >= 0.3 is 5.97 Å². The monoisotopic (exact) mass is 423 g/mol. The van der Waals surface area contributed by atoms with Gasteiger partial charge in [-0.25, -0.2) is 0 Å². The number of carbonyl (C=O) groups is 1. The molecule has 0 saturated carbocycles. The van der Waals surface area contributed by atoms with E-state index in [0.29, 0.717) is 6.42 Å². The van der Waals surface area contributed by atoms with Crippen LogP contribution in [0.15, 0.2) is 0 Å². The second kappa shape index (κ2) is 26.0. The molecule has 2 nitrogen and oxygen atoms in total. The van der Waals surface area contributed by atoms with E-state index in [1.807, 2.05) is 0 Å². The first-order valence-corrected chi connectivity index (χ1v) is 12.0. The molecule has 1 radical (unpaired) electrons. The normalized spacial score (nSPS) is 10.7. The van der Waals surface area contributed by atoms with Gasteiger partial charge in [0.25, 0.3) is 0 Å². The van der Waals surface area contributed by atoms with Crippen molar-refractivity contribution in [1.82, 2.24) is 0 Å². The van der Waals surface area contributed by atoms with Crippen molar-refractivity contribution in [2.75, 3.05) is 0 Å².